The van der Waals surface area contributed by atoms with Crippen molar-refractivity contribution in [2.75, 3.05) is 5.43 Å². The first kappa shape index (κ1) is 26.6. The number of carbonyl (C=O) groups excluding carboxylic acids is 1. The predicted octanol–water partition coefficient (Wildman–Crippen LogP) is 7.06. The molecule has 0 saturated heterocycles. The molecule has 5 aromatic rings. The molecule has 6 rings (SSSR count). The molecule has 0 unspecified atom stereocenters. The number of aryl methyl sites for hydroxylation is 1. The summed E-state index contributed by atoms with van der Waals surface area (Å²) >= 11 is 0. The smallest absolute Gasteiger partial charge is 0.289 e. The molecule has 0 bridgehead atoms. The third kappa shape index (κ3) is 4.84. The molecule has 1 aliphatic rings. The molecule has 8 heteroatoms. The summed E-state index contributed by atoms with van der Waals surface area (Å²) in [6, 6.07) is 19.0. The molecule has 41 heavy (non-hydrogen) atoms. The summed E-state index contributed by atoms with van der Waals surface area (Å²) in [6.45, 7) is 6.99. The molecular formula is C33H33FN6O. The summed E-state index contributed by atoms with van der Waals surface area (Å²) in [7, 11) is 1.80. The van der Waals surface area contributed by atoms with Gasteiger partial charge in [-0.3, -0.25) is 15.6 Å². The van der Waals surface area contributed by atoms with Crippen molar-refractivity contribution in [2.24, 2.45) is 12.5 Å². The van der Waals surface area contributed by atoms with Crippen LogP contribution in [0.2, 0.25) is 0 Å². The molecule has 1 amide bonds. The maximum atomic E-state index is 13.9. The summed E-state index contributed by atoms with van der Waals surface area (Å²) in [4.78, 5) is 26.2. The highest BCUT2D eigenvalue weighted by atomic mass is 19.1. The van der Waals surface area contributed by atoms with Gasteiger partial charge in [-0.2, -0.15) is 0 Å². The molecular weight excluding hydrogens is 515 g/mol. The number of halogens is 1. The fraction of sp³-hybridized carbons (Fsp3) is 0.273. The molecule has 1 fully saturated rings. The van der Waals surface area contributed by atoms with E-state index >= 15 is 0 Å². The molecule has 1 saturated carbocycles. The lowest BCUT2D eigenvalue weighted by molar-refractivity contribution is 0.0852. The van der Waals surface area contributed by atoms with E-state index in [-0.39, 0.29) is 28.2 Å². The summed E-state index contributed by atoms with van der Waals surface area (Å²) in [5, 5.41) is 0.717. The lowest BCUT2D eigenvalue weighted by Gasteiger charge is -2.52. The summed E-state index contributed by atoms with van der Waals surface area (Å²) < 4.78 is 15.6. The van der Waals surface area contributed by atoms with Crippen LogP contribution in [-0.2, 0) is 12.5 Å². The van der Waals surface area contributed by atoms with Crippen molar-refractivity contribution in [3.8, 4) is 22.4 Å². The van der Waals surface area contributed by atoms with E-state index in [0.717, 1.165) is 27.8 Å². The molecule has 3 aromatic heterocycles. The Kier molecular flexibility index (Phi) is 6.56. The summed E-state index contributed by atoms with van der Waals surface area (Å²) in [5.74, 6) is -0.239. The van der Waals surface area contributed by atoms with E-state index in [1.54, 1.807) is 42.5 Å². The molecule has 3 heterocycles. The number of hydrogen-bond donors (Lipinski definition) is 2. The molecule has 7 nitrogen and oxygen atoms in total. The Bertz CT molecular complexity index is 1730. The zero-order valence-corrected chi connectivity index (χ0v) is 23.7. The van der Waals surface area contributed by atoms with Gasteiger partial charge in [0.15, 0.2) is 5.82 Å². The number of aromatic nitrogens is 4. The summed E-state index contributed by atoms with van der Waals surface area (Å²) in [6.07, 6.45) is 8.50. The minimum Gasteiger partial charge on any atom is -0.340 e. The number of nitrogens with one attached hydrogen (secondary N) is 2. The number of hydrogen-bond acceptors (Lipinski definition) is 5. The number of rotatable bonds is 6. The molecule has 1 aliphatic carbocycles. The van der Waals surface area contributed by atoms with E-state index in [2.05, 4.69) is 65.9 Å². The maximum Gasteiger partial charge on any atom is 0.289 e. The Morgan fingerprint density at radius 2 is 1.68 bits per heavy atom. The molecule has 0 atom stereocenters. The highest BCUT2D eigenvalue weighted by Gasteiger charge is 2.47. The highest BCUT2D eigenvalue weighted by Crippen LogP contribution is 2.55. The second-order valence-electron chi connectivity index (χ2n) is 11.9. The number of nitrogens with zero attached hydrogens (tertiary/aromatic N) is 4. The van der Waals surface area contributed by atoms with Gasteiger partial charge < -0.3 is 4.57 Å². The van der Waals surface area contributed by atoms with Crippen LogP contribution in [-0.4, -0.2) is 25.4 Å². The average Bonchev–Trinajstić information content (AvgIpc) is 3.37. The van der Waals surface area contributed by atoms with Crippen molar-refractivity contribution in [1.29, 1.82) is 0 Å². The van der Waals surface area contributed by atoms with Crippen LogP contribution in [0.4, 0.5) is 10.2 Å². The lowest BCUT2D eigenvalue weighted by Crippen LogP contribution is -2.45. The van der Waals surface area contributed by atoms with Gasteiger partial charge in [0.05, 0.1) is 17.5 Å². The minimum atomic E-state index is -0.382. The van der Waals surface area contributed by atoms with Crippen LogP contribution in [0.25, 0.3) is 33.3 Å². The van der Waals surface area contributed by atoms with Gasteiger partial charge in [-0.05, 0) is 53.6 Å². The van der Waals surface area contributed by atoms with Crippen molar-refractivity contribution in [3.05, 3.63) is 96.5 Å². The van der Waals surface area contributed by atoms with E-state index in [9.17, 15) is 9.18 Å². The minimum absolute atomic E-state index is 0.176. The Hall–Kier alpha value is -4.59. The molecule has 208 valence electrons. The lowest BCUT2D eigenvalue weighted by atomic mass is 9.52. The van der Waals surface area contributed by atoms with Crippen LogP contribution in [0.5, 0.6) is 0 Å². The number of anilines is 1. The van der Waals surface area contributed by atoms with E-state index in [4.69, 9.17) is 4.98 Å². The molecule has 0 radical (unpaired) electrons. The number of benzene rings is 2. The van der Waals surface area contributed by atoms with E-state index < -0.39 is 0 Å². The van der Waals surface area contributed by atoms with E-state index in [1.165, 1.54) is 37.0 Å². The molecule has 0 spiro atoms. The normalized spacial score (nSPS) is 14.5. The zero-order chi connectivity index (χ0) is 28.8. The van der Waals surface area contributed by atoms with Crippen LogP contribution in [0.3, 0.4) is 0 Å². The average molecular weight is 549 g/mol. The first-order valence-electron chi connectivity index (χ1n) is 13.9. The van der Waals surface area contributed by atoms with Crippen LogP contribution >= 0.6 is 0 Å². The van der Waals surface area contributed by atoms with Crippen LogP contribution in [0, 0.1) is 11.2 Å². The quantitative estimate of drug-likeness (QED) is 0.222. The zero-order valence-electron chi connectivity index (χ0n) is 23.7. The SMILES string of the molecule is Cn1cnc(C(=O)NNc2nccc3nc(-c4ccc(C5(C(C)(C)C)CCC5)cc4)c(-c4ccc(F)cc4)cc23)c1. The second kappa shape index (κ2) is 10.1. The van der Waals surface area contributed by atoms with Gasteiger partial charge in [0.25, 0.3) is 5.91 Å². The highest BCUT2D eigenvalue weighted by molar-refractivity contribution is 5.98. The molecule has 2 aromatic carbocycles. The number of pyridine rings is 2. The number of imidazole rings is 1. The van der Waals surface area contributed by atoms with Crippen LogP contribution in [0.1, 0.15) is 56.1 Å². The first-order chi connectivity index (χ1) is 19.6. The summed E-state index contributed by atoms with van der Waals surface area (Å²) in [5.41, 5.74) is 11.8. The number of carbonyl (C=O) groups is 1. The standard InChI is InChI=1S/C33H33FN6O/c1-32(2,3)33(15-5-16-33)23-10-6-22(7-11-23)29-25(21-8-12-24(34)13-9-21)18-26-27(37-29)14-17-35-30(26)38-39-31(41)28-19-40(4)20-36-28/h6-14,17-20H,5,15-16H2,1-4H3,(H,35,38)(H,39,41). The van der Waals surface area contributed by atoms with E-state index in [0.29, 0.717) is 11.3 Å². The molecule has 0 aliphatic heterocycles. The molecule has 2 N–H and O–H groups in total. The van der Waals surface area contributed by atoms with Crippen molar-refractivity contribution < 1.29 is 9.18 Å². The van der Waals surface area contributed by atoms with Crippen LogP contribution < -0.4 is 10.9 Å². The number of hydrazine groups is 1. The third-order valence-electron chi connectivity index (χ3n) is 8.48. The number of fused-ring (bicyclic) bond motifs is 1. The van der Waals surface area contributed by atoms with Crippen molar-refractivity contribution in [1.82, 2.24) is 24.9 Å². The van der Waals surface area contributed by atoms with Crippen LogP contribution in [0.15, 0.2) is 79.4 Å². The largest absolute Gasteiger partial charge is 0.340 e. The monoisotopic (exact) mass is 548 g/mol. The van der Waals surface area contributed by atoms with Gasteiger partial charge >= 0.3 is 0 Å². The third-order valence-corrected chi connectivity index (χ3v) is 8.48. The number of amides is 1. The van der Waals surface area contributed by atoms with Gasteiger partial charge in [-0.25, -0.2) is 19.3 Å². The fourth-order valence-corrected chi connectivity index (χ4v) is 5.92. The first-order valence-corrected chi connectivity index (χ1v) is 13.9. The van der Waals surface area contributed by atoms with Gasteiger partial charge in [-0.15, -0.1) is 0 Å². The Morgan fingerprint density at radius 1 is 0.976 bits per heavy atom. The second-order valence-corrected chi connectivity index (χ2v) is 11.9. The van der Waals surface area contributed by atoms with Gasteiger partial charge in [0.2, 0.25) is 0 Å². The van der Waals surface area contributed by atoms with Gasteiger partial charge in [-0.1, -0.05) is 63.6 Å². The Balaban J connectivity index is 1.41. The van der Waals surface area contributed by atoms with Gasteiger partial charge in [0, 0.05) is 41.4 Å². The Morgan fingerprint density at radius 3 is 2.29 bits per heavy atom. The maximum absolute atomic E-state index is 13.9. The van der Waals surface area contributed by atoms with Crippen molar-refractivity contribution in [3.63, 3.8) is 0 Å². The predicted molar refractivity (Wildman–Crippen MR) is 160 cm³/mol. The van der Waals surface area contributed by atoms with Crippen molar-refractivity contribution >= 4 is 22.6 Å². The fourth-order valence-electron chi connectivity index (χ4n) is 5.92. The topological polar surface area (TPSA) is 84.7 Å². The van der Waals surface area contributed by atoms with E-state index in [1.807, 2.05) is 12.1 Å². The van der Waals surface area contributed by atoms with Crippen molar-refractivity contribution in [2.45, 2.75) is 45.4 Å². The Labute approximate surface area is 238 Å². The van der Waals surface area contributed by atoms with Gasteiger partial charge in [0.1, 0.15) is 11.5 Å².